The lowest BCUT2D eigenvalue weighted by atomic mass is 10.00. The van der Waals surface area contributed by atoms with Crippen LogP contribution in [0, 0.1) is 12.8 Å². The number of carbonyl (C=O) groups excluding carboxylic acids is 1. The molecule has 2 aromatic rings. The quantitative estimate of drug-likeness (QED) is 0.879. The van der Waals surface area contributed by atoms with E-state index in [1.54, 1.807) is 18.2 Å². The molecule has 0 saturated carbocycles. The van der Waals surface area contributed by atoms with Crippen LogP contribution in [0.15, 0.2) is 39.2 Å². The van der Waals surface area contributed by atoms with E-state index in [2.05, 4.69) is 5.32 Å². The molecule has 0 radical (unpaired) electrons. The highest BCUT2D eigenvalue weighted by atomic mass is 32.2. The monoisotopic (exact) mass is 368 g/mol. The largest absolute Gasteiger partial charge is 0.459 e. The van der Waals surface area contributed by atoms with Gasteiger partial charge in [0.05, 0.1) is 6.26 Å². The predicted molar refractivity (Wildman–Crippen MR) is 91.6 cm³/mol. The van der Waals surface area contributed by atoms with Gasteiger partial charge in [-0.15, -0.1) is 11.3 Å². The molecule has 2 aromatic heterocycles. The van der Waals surface area contributed by atoms with E-state index in [1.165, 1.54) is 21.9 Å². The molecule has 1 amide bonds. The van der Waals surface area contributed by atoms with E-state index < -0.39 is 10.0 Å². The highest BCUT2D eigenvalue weighted by molar-refractivity contribution is 7.91. The Bertz CT molecular complexity index is 796. The van der Waals surface area contributed by atoms with Crippen molar-refractivity contribution >= 4 is 27.3 Å². The van der Waals surface area contributed by atoms with Crippen molar-refractivity contribution in [2.75, 3.05) is 19.6 Å². The van der Waals surface area contributed by atoms with Crippen LogP contribution in [0.1, 0.15) is 28.3 Å². The van der Waals surface area contributed by atoms with Crippen LogP contribution in [0.5, 0.6) is 0 Å². The van der Waals surface area contributed by atoms with Gasteiger partial charge in [-0.05, 0) is 49.9 Å². The summed E-state index contributed by atoms with van der Waals surface area (Å²) in [5.41, 5.74) is 0. The summed E-state index contributed by atoms with van der Waals surface area (Å²) in [6.07, 6.45) is 3.14. The van der Waals surface area contributed by atoms with Gasteiger partial charge in [-0.3, -0.25) is 4.79 Å². The Labute approximate surface area is 145 Å². The molecule has 6 nitrogen and oxygen atoms in total. The SMILES string of the molecule is Cc1ccc(S(=O)(=O)N2CCCC(CNC(=O)c3ccco3)C2)s1. The third-order valence-electron chi connectivity index (χ3n) is 4.09. The van der Waals surface area contributed by atoms with Gasteiger partial charge < -0.3 is 9.73 Å². The molecule has 1 N–H and O–H groups in total. The second-order valence-corrected chi connectivity index (χ2v) is 9.38. The van der Waals surface area contributed by atoms with Gasteiger partial charge in [0.2, 0.25) is 0 Å². The first-order valence-corrected chi connectivity index (χ1v) is 10.1. The normalized spacial score (nSPS) is 19.3. The fourth-order valence-corrected chi connectivity index (χ4v) is 5.81. The minimum Gasteiger partial charge on any atom is -0.459 e. The number of carbonyl (C=O) groups is 1. The van der Waals surface area contributed by atoms with Gasteiger partial charge in [-0.25, -0.2) is 8.42 Å². The van der Waals surface area contributed by atoms with Crippen molar-refractivity contribution in [1.82, 2.24) is 9.62 Å². The molecule has 1 atom stereocenters. The van der Waals surface area contributed by atoms with Crippen molar-refractivity contribution in [3.05, 3.63) is 41.2 Å². The number of nitrogens with zero attached hydrogens (tertiary/aromatic N) is 1. The van der Waals surface area contributed by atoms with Crippen molar-refractivity contribution in [1.29, 1.82) is 0 Å². The fraction of sp³-hybridized carbons (Fsp3) is 0.438. The molecule has 0 bridgehead atoms. The van der Waals surface area contributed by atoms with Crippen molar-refractivity contribution in [2.45, 2.75) is 24.0 Å². The van der Waals surface area contributed by atoms with Gasteiger partial charge in [-0.1, -0.05) is 0 Å². The van der Waals surface area contributed by atoms with E-state index in [0.29, 0.717) is 23.8 Å². The smallest absolute Gasteiger partial charge is 0.286 e. The zero-order valence-corrected chi connectivity index (χ0v) is 15.0. The second-order valence-electron chi connectivity index (χ2n) is 5.92. The Balaban J connectivity index is 1.61. The summed E-state index contributed by atoms with van der Waals surface area (Å²) in [7, 11) is -3.44. The zero-order chi connectivity index (χ0) is 17.2. The number of aryl methyl sites for hydroxylation is 1. The molecule has 1 aliphatic rings. The van der Waals surface area contributed by atoms with Crippen molar-refractivity contribution < 1.29 is 17.6 Å². The van der Waals surface area contributed by atoms with Crippen LogP contribution in [-0.4, -0.2) is 38.3 Å². The van der Waals surface area contributed by atoms with Crippen LogP contribution in [0.25, 0.3) is 0 Å². The van der Waals surface area contributed by atoms with Crippen molar-refractivity contribution in [3.8, 4) is 0 Å². The number of amides is 1. The minimum atomic E-state index is -3.44. The first kappa shape index (κ1) is 17.2. The number of nitrogens with one attached hydrogen (secondary N) is 1. The van der Waals surface area contributed by atoms with E-state index in [-0.39, 0.29) is 17.6 Å². The standard InChI is InChI=1S/C16H20N2O4S2/c1-12-6-7-15(23-12)24(20,21)18-8-2-4-13(11-18)10-17-16(19)14-5-3-9-22-14/h3,5-7,9,13H,2,4,8,10-11H2,1H3,(H,17,19). The van der Waals surface area contributed by atoms with Crippen molar-refractivity contribution in [2.24, 2.45) is 5.92 Å². The first-order chi connectivity index (χ1) is 11.5. The number of rotatable bonds is 5. The summed E-state index contributed by atoms with van der Waals surface area (Å²) in [5, 5.41) is 2.82. The highest BCUT2D eigenvalue weighted by Crippen LogP contribution is 2.28. The maximum Gasteiger partial charge on any atom is 0.286 e. The summed E-state index contributed by atoms with van der Waals surface area (Å²) < 4.78 is 32.4. The van der Waals surface area contributed by atoms with Gasteiger partial charge in [0.25, 0.3) is 15.9 Å². The molecule has 8 heteroatoms. The van der Waals surface area contributed by atoms with Crippen LogP contribution < -0.4 is 5.32 Å². The molecule has 3 rings (SSSR count). The van der Waals surface area contributed by atoms with Crippen LogP contribution in [0.4, 0.5) is 0 Å². The van der Waals surface area contributed by atoms with Crippen molar-refractivity contribution in [3.63, 3.8) is 0 Å². The Morgan fingerprint density at radius 2 is 2.25 bits per heavy atom. The molecular weight excluding hydrogens is 348 g/mol. The Morgan fingerprint density at radius 3 is 2.92 bits per heavy atom. The maximum atomic E-state index is 12.7. The average molecular weight is 368 g/mol. The number of hydrogen-bond acceptors (Lipinski definition) is 5. The van der Waals surface area contributed by atoms with E-state index in [0.717, 1.165) is 17.7 Å². The van der Waals surface area contributed by atoms with Crippen LogP contribution in [-0.2, 0) is 10.0 Å². The summed E-state index contributed by atoms with van der Waals surface area (Å²) in [6.45, 7) is 3.29. The topological polar surface area (TPSA) is 79.6 Å². The molecule has 0 spiro atoms. The number of furan rings is 1. The lowest BCUT2D eigenvalue weighted by molar-refractivity contribution is 0.0914. The minimum absolute atomic E-state index is 0.105. The third kappa shape index (κ3) is 3.71. The molecule has 24 heavy (non-hydrogen) atoms. The molecule has 3 heterocycles. The van der Waals surface area contributed by atoms with E-state index in [1.807, 2.05) is 13.0 Å². The Hall–Kier alpha value is -1.64. The molecule has 1 fully saturated rings. The molecule has 1 saturated heterocycles. The summed E-state index contributed by atoms with van der Waals surface area (Å²) in [4.78, 5) is 12.9. The average Bonchev–Trinajstić information content (AvgIpc) is 3.24. The van der Waals surface area contributed by atoms with Gasteiger partial charge in [0, 0.05) is 24.5 Å². The molecule has 0 aliphatic carbocycles. The second kappa shape index (κ2) is 7.08. The van der Waals surface area contributed by atoms with Gasteiger partial charge in [0.15, 0.2) is 5.76 Å². The molecular formula is C16H20N2O4S2. The lowest BCUT2D eigenvalue weighted by Gasteiger charge is -2.31. The van der Waals surface area contributed by atoms with Gasteiger partial charge >= 0.3 is 0 Å². The molecule has 1 unspecified atom stereocenters. The summed E-state index contributed by atoms with van der Waals surface area (Å²) in [5.74, 6) is 0.103. The molecule has 1 aliphatic heterocycles. The Morgan fingerprint density at radius 1 is 1.42 bits per heavy atom. The lowest BCUT2D eigenvalue weighted by Crippen LogP contribution is -2.43. The number of sulfonamides is 1. The summed E-state index contributed by atoms with van der Waals surface area (Å²) >= 11 is 1.29. The number of thiophene rings is 1. The van der Waals surface area contributed by atoms with E-state index in [4.69, 9.17) is 4.42 Å². The van der Waals surface area contributed by atoms with E-state index in [9.17, 15) is 13.2 Å². The maximum absolute atomic E-state index is 12.7. The van der Waals surface area contributed by atoms with Crippen LogP contribution in [0.3, 0.4) is 0 Å². The molecule has 0 aromatic carbocycles. The summed E-state index contributed by atoms with van der Waals surface area (Å²) in [6, 6.07) is 6.75. The highest BCUT2D eigenvalue weighted by Gasteiger charge is 2.31. The van der Waals surface area contributed by atoms with Gasteiger partial charge in [0.1, 0.15) is 4.21 Å². The Kier molecular flexibility index (Phi) is 5.07. The first-order valence-electron chi connectivity index (χ1n) is 7.85. The number of piperidine rings is 1. The number of hydrogen-bond donors (Lipinski definition) is 1. The van der Waals surface area contributed by atoms with Crippen LogP contribution >= 0.6 is 11.3 Å². The predicted octanol–water partition coefficient (Wildman–Crippen LogP) is 2.48. The molecule has 130 valence electrons. The zero-order valence-electron chi connectivity index (χ0n) is 13.4. The third-order valence-corrected chi connectivity index (χ3v) is 7.42. The fourth-order valence-electron chi connectivity index (χ4n) is 2.82. The van der Waals surface area contributed by atoms with Crippen LogP contribution in [0.2, 0.25) is 0 Å². The van der Waals surface area contributed by atoms with Gasteiger partial charge in [-0.2, -0.15) is 4.31 Å². The van der Waals surface area contributed by atoms with E-state index >= 15 is 0 Å².